The summed E-state index contributed by atoms with van der Waals surface area (Å²) >= 11 is 6.18. The quantitative estimate of drug-likeness (QED) is 0.831. The van der Waals surface area contributed by atoms with Gasteiger partial charge in [0.05, 0.1) is 10.7 Å². The van der Waals surface area contributed by atoms with Gasteiger partial charge in [0.2, 0.25) is 0 Å². The lowest BCUT2D eigenvalue weighted by atomic mass is 9.94. The lowest BCUT2D eigenvalue weighted by molar-refractivity contribution is 0.0689. The van der Waals surface area contributed by atoms with Crippen molar-refractivity contribution in [2.75, 3.05) is 0 Å². The van der Waals surface area contributed by atoms with E-state index in [0.717, 1.165) is 43.2 Å². The second kappa shape index (κ2) is 5.65. The minimum atomic E-state index is -1.09. The molecule has 1 aliphatic carbocycles. The third-order valence-corrected chi connectivity index (χ3v) is 4.47. The molecule has 1 aliphatic rings. The number of aryl methyl sites for hydroxylation is 2. The fourth-order valence-electron chi connectivity index (χ4n) is 3.12. The van der Waals surface area contributed by atoms with Crippen LogP contribution in [-0.2, 0) is 19.9 Å². The number of aromatic hydroxyl groups is 1. The molecule has 1 heterocycles. The average molecular weight is 321 g/mol. The third kappa shape index (κ3) is 2.46. The van der Waals surface area contributed by atoms with Crippen molar-refractivity contribution in [2.24, 2.45) is 7.05 Å². The third-order valence-electron chi connectivity index (χ3n) is 4.18. The van der Waals surface area contributed by atoms with Crippen molar-refractivity contribution >= 4 is 17.6 Å². The summed E-state index contributed by atoms with van der Waals surface area (Å²) in [5.41, 5.74) is 3.34. The van der Waals surface area contributed by atoms with Crippen LogP contribution in [-0.4, -0.2) is 26.0 Å². The number of phenolic OH excluding ortho intramolecular Hbond substituents is 1. The van der Waals surface area contributed by atoms with Gasteiger partial charge in [0.15, 0.2) is 5.69 Å². The van der Waals surface area contributed by atoms with E-state index >= 15 is 0 Å². The van der Waals surface area contributed by atoms with Crippen LogP contribution in [0, 0.1) is 0 Å². The van der Waals surface area contributed by atoms with Crippen molar-refractivity contribution in [1.29, 1.82) is 0 Å². The largest absolute Gasteiger partial charge is 0.506 e. The van der Waals surface area contributed by atoms with Gasteiger partial charge in [0.1, 0.15) is 5.75 Å². The molecule has 2 aromatic rings. The fourth-order valence-corrected chi connectivity index (χ4v) is 3.34. The maximum Gasteiger partial charge on any atom is 0.356 e. The van der Waals surface area contributed by atoms with Gasteiger partial charge in [-0.1, -0.05) is 18.0 Å². The number of aromatic nitrogens is 2. The summed E-state index contributed by atoms with van der Waals surface area (Å²) in [6.45, 7) is 0. The number of carboxylic acid groups (broad SMARTS) is 1. The fraction of sp³-hybridized carbons (Fsp3) is 0.375. The van der Waals surface area contributed by atoms with Gasteiger partial charge in [-0.2, -0.15) is 5.10 Å². The SMILES string of the molecule is Cn1nc(C(=O)O)cc1-c1c(O)c(Cl)cc2c1CCCCC2. The summed E-state index contributed by atoms with van der Waals surface area (Å²) in [6.07, 6.45) is 5.05. The van der Waals surface area contributed by atoms with Crippen molar-refractivity contribution in [2.45, 2.75) is 32.1 Å². The van der Waals surface area contributed by atoms with Crippen LogP contribution in [0.4, 0.5) is 0 Å². The van der Waals surface area contributed by atoms with Crippen molar-refractivity contribution in [3.05, 3.63) is 34.0 Å². The molecule has 1 aromatic heterocycles. The van der Waals surface area contributed by atoms with Crippen LogP contribution in [0.25, 0.3) is 11.3 Å². The molecule has 0 fully saturated rings. The highest BCUT2D eigenvalue weighted by atomic mass is 35.5. The Morgan fingerprint density at radius 3 is 2.68 bits per heavy atom. The Morgan fingerprint density at radius 1 is 1.27 bits per heavy atom. The zero-order valence-electron chi connectivity index (χ0n) is 12.3. The molecule has 0 bridgehead atoms. The number of halogens is 1. The molecule has 2 N–H and O–H groups in total. The Morgan fingerprint density at radius 2 is 2.00 bits per heavy atom. The first-order valence-electron chi connectivity index (χ1n) is 7.30. The van der Waals surface area contributed by atoms with Crippen molar-refractivity contribution in [1.82, 2.24) is 9.78 Å². The normalized spacial score (nSPS) is 14.5. The molecule has 0 unspecified atom stereocenters. The zero-order valence-corrected chi connectivity index (χ0v) is 13.0. The lowest BCUT2D eigenvalue weighted by Gasteiger charge is -2.16. The molecule has 0 saturated carbocycles. The predicted molar refractivity (Wildman–Crippen MR) is 83.5 cm³/mol. The summed E-state index contributed by atoms with van der Waals surface area (Å²) in [6, 6.07) is 3.31. The Bertz CT molecular complexity index is 752. The number of carbonyl (C=O) groups is 1. The maximum atomic E-state index is 11.1. The first-order chi connectivity index (χ1) is 10.5. The summed E-state index contributed by atoms with van der Waals surface area (Å²) < 4.78 is 1.49. The molecule has 3 rings (SSSR count). The second-order valence-corrected chi connectivity index (χ2v) is 6.03. The Labute approximate surface area is 133 Å². The highest BCUT2D eigenvalue weighted by molar-refractivity contribution is 6.32. The lowest BCUT2D eigenvalue weighted by Crippen LogP contribution is -2.01. The van der Waals surface area contributed by atoms with Gasteiger partial charge in [-0.15, -0.1) is 0 Å². The highest BCUT2D eigenvalue weighted by Gasteiger charge is 2.23. The number of hydrogen-bond donors (Lipinski definition) is 2. The van der Waals surface area contributed by atoms with Gasteiger partial charge >= 0.3 is 5.97 Å². The molecular weight excluding hydrogens is 304 g/mol. The number of rotatable bonds is 2. The van der Waals surface area contributed by atoms with E-state index < -0.39 is 5.97 Å². The highest BCUT2D eigenvalue weighted by Crippen LogP contribution is 2.42. The molecule has 22 heavy (non-hydrogen) atoms. The van der Waals surface area contributed by atoms with E-state index in [4.69, 9.17) is 16.7 Å². The van der Waals surface area contributed by atoms with Crippen LogP contribution in [0.15, 0.2) is 12.1 Å². The standard InChI is InChI=1S/C16H17ClN2O3/c1-19-13(8-12(18-19)16(21)22)14-10-6-4-2-3-5-9(10)7-11(17)15(14)20/h7-8,20H,2-6H2,1H3,(H,21,22). The Balaban J connectivity index is 2.25. The van der Waals surface area contributed by atoms with Crippen LogP contribution >= 0.6 is 11.6 Å². The molecule has 6 heteroatoms. The Hall–Kier alpha value is -2.01. The summed E-state index contributed by atoms with van der Waals surface area (Å²) in [4.78, 5) is 11.1. The second-order valence-electron chi connectivity index (χ2n) is 5.62. The van der Waals surface area contributed by atoms with Gasteiger partial charge < -0.3 is 10.2 Å². The van der Waals surface area contributed by atoms with E-state index in [-0.39, 0.29) is 11.4 Å². The van der Waals surface area contributed by atoms with Gasteiger partial charge in [0.25, 0.3) is 0 Å². The first kappa shape index (κ1) is 14.9. The number of fused-ring (bicyclic) bond motifs is 1. The van der Waals surface area contributed by atoms with Crippen LogP contribution in [0.1, 0.15) is 40.9 Å². The Kier molecular flexibility index (Phi) is 3.83. The molecular formula is C16H17ClN2O3. The van der Waals surface area contributed by atoms with Gasteiger partial charge in [0, 0.05) is 12.6 Å². The molecule has 0 aliphatic heterocycles. The number of carboxylic acids is 1. The molecule has 0 atom stereocenters. The molecule has 0 spiro atoms. The van der Waals surface area contributed by atoms with Gasteiger partial charge in [-0.05, 0) is 48.9 Å². The summed E-state index contributed by atoms with van der Waals surface area (Å²) in [5, 5.41) is 23.9. The number of aromatic carboxylic acids is 1. The minimum absolute atomic E-state index is 0.00209. The molecule has 0 saturated heterocycles. The number of benzene rings is 1. The molecule has 1 aromatic carbocycles. The van der Waals surface area contributed by atoms with Crippen LogP contribution in [0.3, 0.4) is 0 Å². The number of nitrogens with zero attached hydrogens (tertiary/aromatic N) is 2. The summed E-state index contributed by atoms with van der Waals surface area (Å²) in [5.74, 6) is -1.09. The van der Waals surface area contributed by atoms with Gasteiger partial charge in [-0.3, -0.25) is 4.68 Å². The minimum Gasteiger partial charge on any atom is -0.506 e. The van der Waals surface area contributed by atoms with Crippen LogP contribution in [0.2, 0.25) is 5.02 Å². The molecule has 116 valence electrons. The smallest absolute Gasteiger partial charge is 0.356 e. The number of hydrogen-bond acceptors (Lipinski definition) is 3. The summed E-state index contributed by atoms with van der Waals surface area (Å²) in [7, 11) is 1.67. The van der Waals surface area contributed by atoms with Crippen molar-refractivity contribution in [3.63, 3.8) is 0 Å². The maximum absolute atomic E-state index is 11.1. The predicted octanol–water partition coefficient (Wildman–Crippen LogP) is 3.41. The van der Waals surface area contributed by atoms with Crippen molar-refractivity contribution < 1.29 is 15.0 Å². The molecule has 0 radical (unpaired) electrons. The van der Waals surface area contributed by atoms with E-state index in [9.17, 15) is 9.90 Å². The first-order valence-corrected chi connectivity index (χ1v) is 7.67. The number of phenols is 1. The monoisotopic (exact) mass is 320 g/mol. The van der Waals surface area contributed by atoms with Crippen molar-refractivity contribution in [3.8, 4) is 17.0 Å². The van der Waals surface area contributed by atoms with Crippen LogP contribution in [0.5, 0.6) is 5.75 Å². The van der Waals surface area contributed by atoms with Crippen LogP contribution < -0.4 is 0 Å². The van der Waals surface area contributed by atoms with E-state index in [0.29, 0.717) is 16.3 Å². The topological polar surface area (TPSA) is 75.4 Å². The average Bonchev–Trinajstić information content (AvgIpc) is 2.70. The van der Waals surface area contributed by atoms with E-state index in [1.54, 1.807) is 7.05 Å². The van der Waals surface area contributed by atoms with Gasteiger partial charge in [-0.25, -0.2) is 4.79 Å². The zero-order chi connectivity index (χ0) is 15.9. The molecule has 5 nitrogen and oxygen atoms in total. The molecule has 0 amide bonds. The van der Waals surface area contributed by atoms with E-state index in [1.165, 1.54) is 10.7 Å². The van der Waals surface area contributed by atoms with E-state index in [1.807, 2.05) is 6.07 Å². The van der Waals surface area contributed by atoms with E-state index in [2.05, 4.69) is 5.10 Å².